The van der Waals surface area contributed by atoms with Gasteiger partial charge in [-0.1, -0.05) is 72.3 Å². The normalized spacial score (nSPS) is 11.8. The van der Waals surface area contributed by atoms with Crippen LogP contribution in [0.15, 0.2) is 91.1 Å². The molecule has 0 saturated carbocycles. The molecule has 0 amide bonds. The van der Waals surface area contributed by atoms with Crippen molar-refractivity contribution in [3.63, 3.8) is 0 Å². The van der Waals surface area contributed by atoms with Crippen molar-refractivity contribution in [3.05, 3.63) is 96.7 Å². The highest BCUT2D eigenvalue weighted by atomic mass is 14.9. The third-order valence-corrected chi connectivity index (χ3v) is 5.65. The van der Waals surface area contributed by atoms with E-state index in [9.17, 15) is 0 Å². The van der Waals surface area contributed by atoms with Gasteiger partial charge < -0.3 is 4.40 Å². The summed E-state index contributed by atoms with van der Waals surface area (Å²) in [4.78, 5) is 5.08. The third-order valence-electron chi connectivity index (χ3n) is 5.65. The van der Waals surface area contributed by atoms with Crippen molar-refractivity contribution in [1.29, 1.82) is 0 Å². The topological polar surface area (TPSA) is 17.3 Å². The fourth-order valence-electron chi connectivity index (χ4n) is 4.25. The van der Waals surface area contributed by atoms with Crippen molar-refractivity contribution < 1.29 is 0 Å². The number of hydrogen-bond acceptors (Lipinski definition) is 1. The minimum atomic E-state index is 1.03. The van der Waals surface area contributed by atoms with Crippen molar-refractivity contribution in [2.24, 2.45) is 0 Å². The average molecular weight is 358 g/mol. The van der Waals surface area contributed by atoms with E-state index < -0.39 is 0 Å². The van der Waals surface area contributed by atoms with E-state index in [2.05, 4.69) is 102 Å². The van der Waals surface area contributed by atoms with Gasteiger partial charge in [0.1, 0.15) is 0 Å². The van der Waals surface area contributed by atoms with Crippen molar-refractivity contribution in [1.82, 2.24) is 9.38 Å². The molecule has 2 nitrogen and oxygen atoms in total. The molecule has 0 aliphatic heterocycles. The third kappa shape index (κ3) is 2.12. The second-order valence-corrected chi connectivity index (χ2v) is 7.41. The maximum atomic E-state index is 5.08. The number of fused-ring (bicyclic) bond motifs is 7. The first-order valence-corrected chi connectivity index (χ1v) is 9.58. The summed E-state index contributed by atoms with van der Waals surface area (Å²) >= 11 is 0. The molecule has 0 N–H and O–H groups in total. The predicted molar refractivity (Wildman–Crippen MR) is 118 cm³/mol. The lowest BCUT2D eigenvalue weighted by molar-refractivity contribution is 1.25. The van der Waals surface area contributed by atoms with Crippen LogP contribution in [-0.2, 0) is 0 Å². The average Bonchev–Trinajstić information content (AvgIpc) is 3.14. The zero-order valence-electron chi connectivity index (χ0n) is 15.6. The van der Waals surface area contributed by atoms with Crippen LogP contribution in [0.3, 0.4) is 0 Å². The summed E-state index contributed by atoms with van der Waals surface area (Å²) < 4.78 is 2.30. The van der Waals surface area contributed by atoms with Gasteiger partial charge in [-0.05, 0) is 30.5 Å². The maximum Gasteiger partial charge on any atom is 0.0956 e. The van der Waals surface area contributed by atoms with Gasteiger partial charge in [-0.25, -0.2) is 4.98 Å². The largest absolute Gasteiger partial charge is 0.314 e. The van der Waals surface area contributed by atoms with Crippen LogP contribution in [0, 0.1) is 6.92 Å². The molecule has 3 aromatic heterocycles. The number of pyridine rings is 2. The number of para-hydroxylation sites is 1. The molecular weight excluding hydrogens is 340 g/mol. The molecular formula is C26H18N2. The van der Waals surface area contributed by atoms with E-state index in [4.69, 9.17) is 4.98 Å². The number of benzene rings is 3. The highest BCUT2D eigenvalue weighted by molar-refractivity contribution is 6.14. The van der Waals surface area contributed by atoms with Gasteiger partial charge in [0, 0.05) is 27.9 Å². The zero-order valence-corrected chi connectivity index (χ0v) is 15.6. The van der Waals surface area contributed by atoms with E-state index in [1.807, 2.05) is 0 Å². The molecule has 0 saturated heterocycles. The Morgan fingerprint density at radius 2 is 1.46 bits per heavy atom. The molecule has 3 aromatic carbocycles. The van der Waals surface area contributed by atoms with Crippen LogP contribution in [0.25, 0.3) is 49.4 Å². The molecule has 28 heavy (non-hydrogen) atoms. The second kappa shape index (κ2) is 5.67. The van der Waals surface area contributed by atoms with E-state index >= 15 is 0 Å². The molecule has 0 bridgehead atoms. The Bertz CT molecular complexity index is 1510. The maximum absolute atomic E-state index is 5.08. The summed E-state index contributed by atoms with van der Waals surface area (Å²) in [6.07, 6.45) is 2.17. The number of rotatable bonds is 1. The molecule has 0 unspecified atom stereocenters. The summed E-state index contributed by atoms with van der Waals surface area (Å²) in [7, 11) is 0. The van der Waals surface area contributed by atoms with Gasteiger partial charge in [0.2, 0.25) is 0 Å². The van der Waals surface area contributed by atoms with Crippen molar-refractivity contribution in [2.75, 3.05) is 0 Å². The molecule has 132 valence electrons. The Hall–Kier alpha value is -3.65. The summed E-state index contributed by atoms with van der Waals surface area (Å²) in [6, 6.07) is 30.2. The first-order chi connectivity index (χ1) is 13.8. The van der Waals surface area contributed by atoms with Crippen LogP contribution < -0.4 is 0 Å². The van der Waals surface area contributed by atoms with Crippen LogP contribution in [0.1, 0.15) is 5.56 Å². The smallest absolute Gasteiger partial charge is 0.0956 e. The van der Waals surface area contributed by atoms with Crippen LogP contribution in [0.5, 0.6) is 0 Å². The van der Waals surface area contributed by atoms with Gasteiger partial charge in [0.05, 0.1) is 22.2 Å². The highest BCUT2D eigenvalue weighted by Gasteiger charge is 2.15. The first-order valence-electron chi connectivity index (χ1n) is 9.58. The lowest BCUT2D eigenvalue weighted by Gasteiger charge is -2.09. The summed E-state index contributed by atoms with van der Waals surface area (Å²) in [5.41, 5.74) is 6.86. The molecule has 0 spiro atoms. The standard InChI is InChI=1S/C26H18N2/c1-17-10-12-19(13-11-17)25-26-22(21-8-4-5-9-23(21)27-25)16-24-20-7-3-2-6-18(20)14-15-28(24)26/h2-16H,1H3. The Labute approximate surface area is 162 Å². The fraction of sp³-hybridized carbons (Fsp3) is 0.0385. The lowest BCUT2D eigenvalue weighted by Crippen LogP contribution is -1.92. The molecule has 0 atom stereocenters. The molecule has 6 aromatic rings. The minimum absolute atomic E-state index is 1.03. The van der Waals surface area contributed by atoms with E-state index in [-0.39, 0.29) is 0 Å². The SMILES string of the molecule is Cc1ccc(-c2nc3ccccc3c3cc4c5ccccc5ccn4c23)cc1. The van der Waals surface area contributed by atoms with Crippen molar-refractivity contribution in [2.45, 2.75) is 6.92 Å². The Morgan fingerprint density at radius 1 is 0.714 bits per heavy atom. The number of hydrogen-bond donors (Lipinski definition) is 0. The zero-order chi connectivity index (χ0) is 18.7. The van der Waals surface area contributed by atoms with Crippen LogP contribution >= 0.6 is 0 Å². The van der Waals surface area contributed by atoms with Crippen LogP contribution in [0.4, 0.5) is 0 Å². The van der Waals surface area contributed by atoms with Gasteiger partial charge in [-0.3, -0.25) is 0 Å². The van der Waals surface area contributed by atoms with E-state index in [0.717, 1.165) is 16.8 Å². The highest BCUT2D eigenvalue weighted by Crippen LogP contribution is 2.36. The van der Waals surface area contributed by atoms with E-state index in [1.54, 1.807) is 0 Å². The number of aryl methyl sites for hydroxylation is 1. The van der Waals surface area contributed by atoms with Gasteiger partial charge in [-0.15, -0.1) is 0 Å². The molecule has 0 fully saturated rings. The molecule has 0 aliphatic carbocycles. The molecule has 0 aliphatic rings. The van der Waals surface area contributed by atoms with Crippen molar-refractivity contribution in [3.8, 4) is 11.3 Å². The Kier molecular flexibility index (Phi) is 3.12. The molecule has 3 heterocycles. The second-order valence-electron chi connectivity index (χ2n) is 7.41. The van der Waals surface area contributed by atoms with Crippen molar-refractivity contribution >= 4 is 38.1 Å². The van der Waals surface area contributed by atoms with E-state index in [0.29, 0.717) is 0 Å². The van der Waals surface area contributed by atoms with Gasteiger partial charge in [0.25, 0.3) is 0 Å². The molecule has 2 heteroatoms. The Balaban J connectivity index is 1.86. The quantitative estimate of drug-likeness (QED) is 0.317. The first kappa shape index (κ1) is 15.4. The van der Waals surface area contributed by atoms with Crippen LogP contribution in [0.2, 0.25) is 0 Å². The number of aromatic nitrogens is 2. The van der Waals surface area contributed by atoms with Crippen LogP contribution in [-0.4, -0.2) is 9.38 Å². The Morgan fingerprint density at radius 3 is 2.32 bits per heavy atom. The predicted octanol–water partition coefficient (Wildman–Crippen LogP) is 6.77. The minimum Gasteiger partial charge on any atom is -0.314 e. The summed E-state index contributed by atoms with van der Waals surface area (Å²) in [5, 5.41) is 4.96. The summed E-state index contributed by atoms with van der Waals surface area (Å²) in [6.45, 7) is 2.12. The summed E-state index contributed by atoms with van der Waals surface area (Å²) in [5.74, 6) is 0. The fourth-order valence-corrected chi connectivity index (χ4v) is 4.25. The van der Waals surface area contributed by atoms with E-state index in [1.165, 1.54) is 38.1 Å². The van der Waals surface area contributed by atoms with Gasteiger partial charge in [-0.2, -0.15) is 0 Å². The number of nitrogens with zero attached hydrogens (tertiary/aromatic N) is 2. The lowest BCUT2D eigenvalue weighted by atomic mass is 10.0. The molecule has 6 rings (SSSR count). The molecule has 0 radical (unpaired) electrons. The van der Waals surface area contributed by atoms with Gasteiger partial charge in [0.15, 0.2) is 0 Å². The monoisotopic (exact) mass is 358 g/mol. The van der Waals surface area contributed by atoms with Gasteiger partial charge >= 0.3 is 0 Å².